The number of carbonyl (C=O) groups is 1. The van der Waals surface area contributed by atoms with Gasteiger partial charge in [0, 0.05) is 51.4 Å². The number of nitrogens with one attached hydrogen (secondary N) is 3. The summed E-state index contributed by atoms with van der Waals surface area (Å²) in [6.07, 6.45) is 2.74. The van der Waals surface area contributed by atoms with Gasteiger partial charge in [0.2, 0.25) is 5.91 Å². The average molecular weight is 432 g/mol. The van der Waals surface area contributed by atoms with E-state index in [1.807, 2.05) is 24.3 Å². The molecular weight excluding hydrogens is 390 g/mol. The molecule has 174 valence electrons. The second-order valence-corrected chi connectivity index (χ2v) is 9.52. The third-order valence-electron chi connectivity index (χ3n) is 5.36. The fraction of sp³-hybridized carbons (Fsp3) is 0.667. The van der Waals surface area contributed by atoms with Crippen molar-refractivity contribution in [3.05, 3.63) is 29.8 Å². The summed E-state index contributed by atoms with van der Waals surface area (Å²) in [5, 5.41) is 9.85. The van der Waals surface area contributed by atoms with E-state index < -0.39 is 0 Å². The highest BCUT2D eigenvalue weighted by Crippen LogP contribution is 2.21. The van der Waals surface area contributed by atoms with Gasteiger partial charge in [0.05, 0.1) is 13.2 Å². The summed E-state index contributed by atoms with van der Waals surface area (Å²) in [5.74, 6) is 0.836. The lowest BCUT2D eigenvalue weighted by Crippen LogP contribution is -2.42. The number of nitrogens with zero attached hydrogens (tertiary/aromatic N) is 2. The van der Waals surface area contributed by atoms with Crippen LogP contribution in [0.15, 0.2) is 29.3 Å². The first-order valence-electron chi connectivity index (χ1n) is 11.4. The van der Waals surface area contributed by atoms with Crippen LogP contribution < -0.4 is 16.0 Å². The van der Waals surface area contributed by atoms with Gasteiger partial charge in [-0.1, -0.05) is 32.9 Å². The number of ether oxygens (including phenoxy) is 1. The highest BCUT2D eigenvalue weighted by Gasteiger charge is 2.14. The van der Waals surface area contributed by atoms with Crippen molar-refractivity contribution >= 4 is 17.6 Å². The maximum absolute atomic E-state index is 12.3. The van der Waals surface area contributed by atoms with Crippen LogP contribution in [0.3, 0.4) is 0 Å². The van der Waals surface area contributed by atoms with Crippen molar-refractivity contribution in [1.29, 1.82) is 0 Å². The molecule has 7 heteroatoms. The topological polar surface area (TPSA) is 78.0 Å². The Morgan fingerprint density at radius 3 is 2.68 bits per heavy atom. The lowest BCUT2D eigenvalue weighted by Gasteiger charge is -2.26. The van der Waals surface area contributed by atoms with E-state index in [0.717, 1.165) is 62.9 Å². The largest absolute Gasteiger partial charge is 0.379 e. The molecule has 2 rings (SSSR count). The monoisotopic (exact) mass is 431 g/mol. The molecule has 0 aliphatic carbocycles. The molecule has 7 nitrogen and oxygen atoms in total. The molecule has 1 amide bonds. The van der Waals surface area contributed by atoms with Crippen LogP contribution in [0.25, 0.3) is 0 Å². The van der Waals surface area contributed by atoms with Gasteiger partial charge in [0.1, 0.15) is 0 Å². The van der Waals surface area contributed by atoms with Crippen LogP contribution in [-0.2, 0) is 16.1 Å². The van der Waals surface area contributed by atoms with Gasteiger partial charge >= 0.3 is 0 Å². The number of benzene rings is 1. The van der Waals surface area contributed by atoms with Crippen LogP contribution in [0.4, 0.5) is 5.69 Å². The van der Waals surface area contributed by atoms with E-state index in [0.29, 0.717) is 24.4 Å². The van der Waals surface area contributed by atoms with Gasteiger partial charge < -0.3 is 20.7 Å². The van der Waals surface area contributed by atoms with Gasteiger partial charge in [-0.05, 0) is 42.9 Å². The van der Waals surface area contributed by atoms with Crippen molar-refractivity contribution in [3.63, 3.8) is 0 Å². The number of guanidine groups is 1. The Morgan fingerprint density at radius 1 is 1.26 bits per heavy atom. The molecule has 0 saturated carbocycles. The summed E-state index contributed by atoms with van der Waals surface area (Å²) in [4.78, 5) is 18.9. The predicted molar refractivity (Wildman–Crippen MR) is 128 cm³/mol. The van der Waals surface area contributed by atoms with Crippen LogP contribution in [0.1, 0.15) is 52.5 Å². The van der Waals surface area contributed by atoms with Crippen LogP contribution in [-0.4, -0.2) is 62.7 Å². The van der Waals surface area contributed by atoms with Crippen molar-refractivity contribution < 1.29 is 9.53 Å². The number of rotatable bonds is 9. The van der Waals surface area contributed by atoms with Crippen molar-refractivity contribution in [3.8, 4) is 0 Å². The van der Waals surface area contributed by atoms with Crippen molar-refractivity contribution in [1.82, 2.24) is 15.5 Å². The third kappa shape index (κ3) is 10.6. The summed E-state index contributed by atoms with van der Waals surface area (Å²) in [7, 11) is 1.79. The Labute approximate surface area is 188 Å². The molecule has 1 unspecified atom stereocenters. The minimum absolute atomic E-state index is 0.0433. The van der Waals surface area contributed by atoms with Gasteiger partial charge in [0.15, 0.2) is 5.96 Å². The van der Waals surface area contributed by atoms with E-state index in [2.05, 4.69) is 53.5 Å². The maximum Gasteiger partial charge on any atom is 0.225 e. The van der Waals surface area contributed by atoms with Crippen LogP contribution >= 0.6 is 0 Å². The van der Waals surface area contributed by atoms with Crippen LogP contribution in [0.5, 0.6) is 0 Å². The molecule has 0 spiro atoms. The normalized spacial score (nSPS) is 16.6. The molecular formula is C24H41N5O2. The molecule has 1 saturated heterocycles. The van der Waals surface area contributed by atoms with Crippen molar-refractivity contribution in [2.45, 2.75) is 59.5 Å². The van der Waals surface area contributed by atoms with Gasteiger partial charge in [-0.15, -0.1) is 0 Å². The van der Waals surface area contributed by atoms with E-state index >= 15 is 0 Å². The van der Waals surface area contributed by atoms with E-state index in [9.17, 15) is 4.79 Å². The predicted octanol–water partition coefficient (Wildman–Crippen LogP) is 3.23. The minimum Gasteiger partial charge on any atom is -0.379 e. The highest BCUT2D eigenvalue weighted by molar-refractivity contribution is 5.90. The van der Waals surface area contributed by atoms with Crippen molar-refractivity contribution in [2.24, 2.45) is 10.4 Å². The number of anilines is 1. The Morgan fingerprint density at radius 2 is 2.00 bits per heavy atom. The summed E-state index contributed by atoms with van der Waals surface area (Å²) in [6, 6.07) is 8.31. The first kappa shape index (κ1) is 25.1. The third-order valence-corrected chi connectivity index (χ3v) is 5.36. The SMILES string of the molecule is CN=C(NCc1cccc(NC(=O)CCN2CCOCC2)c1)NC(C)CCC(C)(C)C. The van der Waals surface area contributed by atoms with E-state index in [-0.39, 0.29) is 5.91 Å². The minimum atomic E-state index is 0.0433. The number of hydrogen-bond donors (Lipinski definition) is 3. The molecule has 0 aromatic heterocycles. The Kier molecular flexibility index (Phi) is 10.3. The number of amides is 1. The zero-order valence-corrected chi connectivity index (χ0v) is 20.0. The van der Waals surface area contributed by atoms with Crippen LogP contribution in [0.2, 0.25) is 0 Å². The van der Waals surface area contributed by atoms with Gasteiger partial charge in [0.25, 0.3) is 0 Å². The van der Waals surface area contributed by atoms with E-state index in [1.165, 1.54) is 0 Å². The Bertz CT molecular complexity index is 708. The molecule has 1 aromatic carbocycles. The van der Waals surface area contributed by atoms with E-state index in [4.69, 9.17) is 4.74 Å². The molecule has 1 aliphatic rings. The first-order chi connectivity index (χ1) is 14.7. The Hall–Kier alpha value is -2.12. The highest BCUT2D eigenvalue weighted by atomic mass is 16.5. The summed E-state index contributed by atoms with van der Waals surface area (Å²) in [6.45, 7) is 13.7. The molecule has 1 aliphatic heterocycles. The average Bonchev–Trinajstić information content (AvgIpc) is 2.74. The molecule has 0 radical (unpaired) electrons. The summed E-state index contributed by atoms with van der Waals surface area (Å²) >= 11 is 0. The first-order valence-corrected chi connectivity index (χ1v) is 11.4. The van der Waals surface area contributed by atoms with Gasteiger partial charge in [-0.2, -0.15) is 0 Å². The van der Waals surface area contributed by atoms with Crippen LogP contribution in [0, 0.1) is 5.41 Å². The molecule has 31 heavy (non-hydrogen) atoms. The summed E-state index contributed by atoms with van der Waals surface area (Å²) < 4.78 is 5.35. The molecule has 1 atom stereocenters. The zero-order chi connectivity index (χ0) is 22.7. The number of morpholine rings is 1. The molecule has 3 N–H and O–H groups in total. The molecule has 1 aromatic rings. The quantitative estimate of drug-likeness (QED) is 0.413. The maximum atomic E-state index is 12.3. The number of hydrogen-bond acceptors (Lipinski definition) is 4. The van der Waals surface area contributed by atoms with Crippen molar-refractivity contribution in [2.75, 3.05) is 45.2 Å². The summed E-state index contributed by atoms with van der Waals surface area (Å²) in [5.41, 5.74) is 2.25. The Balaban J connectivity index is 1.76. The molecule has 1 fully saturated rings. The second-order valence-electron chi connectivity index (χ2n) is 9.52. The lowest BCUT2D eigenvalue weighted by molar-refractivity contribution is -0.116. The fourth-order valence-electron chi connectivity index (χ4n) is 3.40. The number of aliphatic imine (C=N–C) groups is 1. The number of carbonyl (C=O) groups excluding carboxylic acids is 1. The zero-order valence-electron chi connectivity index (χ0n) is 20.0. The molecule has 0 bridgehead atoms. The lowest BCUT2D eigenvalue weighted by atomic mass is 9.89. The standard InChI is InChI=1S/C24H41N5O2/c1-19(9-11-24(2,3)4)27-23(25-5)26-18-20-7-6-8-21(17-20)28-22(30)10-12-29-13-15-31-16-14-29/h6-8,17,19H,9-16,18H2,1-5H3,(H,28,30)(H2,25,26,27). The smallest absolute Gasteiger partial charge is 0.225 e. The van der Waals surface area contributed by atoms with Gasteiger partial charge in [-0.3, -0.25) is 14.7 Å². The van der Waals surface area contributed by atoms with E-state index in [1.54, 1.807) is 7.05 Å². The fourth-order valence-corrected chi connectivity index (χ4v) is 3.40. The molecule has 1 heterocycles. The van der Waals surface area contributed by atoms with Gasteiger partial charge in [-0.25, -0.2) is 0 Å². The second kappa shape index (κ2) is 12.7.